The average molecular weight is 273 g/mol. The minimum absolute atomic E-state index is 0.691. The number of hydrogen-bond acceptors (Lipinski definition) is 3. The SMILES string of the molecule is Cn1cc(NCc2ccc(Cl)c3cccnc23)cn1. The van der Waals surface area contributed by atoms with E-state index in [-0.39, 0.29) is 0 Å². The molecule has 5 heteroatoms. The summed E-state index contributed by atoms with van der Waals surface area (Å²) < 4.78 is 1.76. The number of anilines is 1. The summed E-state index contributed by atoms with van der Waals surface area (Å²) in [5.74, 6) is 0. The smallest absolute Gasteiger partial charge is 0.0766 e. The molecule has 4 nitrogen and oxygen atoms in total. The van der Waals surface area contributed by atoms with E-state index in [0.717, 1.165) is 27.2 Å². The number of fused-ring (bicyclic) bond motifs is 1. The molecule has 0 radical (unpaired) electrons. The number of nitrogens with one attached hydrogen (secondary N) is 1. The molecule has 1 N–H and O–H groups in total. The summed E-state index contributed by atoms with van der Waals surface area (Å²) in [6, 6.07) is 7.79. The molecule has 0 saturated heterocycles. The van der Waals surface area contributed by atoms with Crippen LogP contribution in [-0.4, -0.2) is 14.8 Å². The molecule has 0 atom stereocenters. The van der Waals surface area contributed by atoms with Gasteiger partial charge in [-0.25, -0.2) is 0 Å². The van der Waals surface area contributed by atoms with E-state index in [4.69, 9.17) is 11.6 Å². The van der Waals surface area contributed by atoms with Gasteiger partial charge in [0.15, 0.2) is 0 Å². The number of rotatable bonds is 3. The van der Waals surface area contributed by atoms with E-state index in [0.29, 0.717) is 6.54 Å². The van der Waals surface area contributed by atoms with Crippen molar-refractivity contribution in [1.29, 1.82) is 0 Å². The molecule has 0 aliphatic carbocycles. The molecular weight excluding hydrogens is 260 g/mol. The van der Waals surface area contributed by atoms with Crippen LogP contribution in [0.4, 0.5) is 5.69 Å². The van der Waals surface area contributed by atoms with Crippen LogP contribution in [0.5, 0.6) is 0 Å². The van der Waals surface area contributed by atoms with Gasteiger partial charge in [-0.3, -0.25) is 9.67 Å². The lowest BCUT2D eigenvalue weighted by Gasteiger charge is -2.08. The molecule has 0 aliphatic heterocycles. The molecule has 0 unspecified atom stereocenters. The second kappa shape index (κ2) is 4.90. The molecule has 0 bridgehead atoms. The first-order valence-corrected chi connectivity index (χ1v) is 6.36. The number of aromatic nitrogens is 3. The van der Waals surface area contributed by atoms with Gasteiger partial charge in [0, 0.05) is 36.4 Å². The normalized spacial score (nSPS) is 10.8. The molecule has 0 aliphatic rings. The summed E-state index contributed by atoms with van der Waals surface area (Å²) in [5.41, 5.74) is 3.04. The highest BCUT2D eigenvalue weighted by molar-refractivity contribution is 6.35. The third kappa shape index (κ3) is 2.39. The Morgan fingerprint density at radius 1 is 1.32 bits per heavy atom. The Morgan fingerprint density at radius 3 is 3.00 bits per heavy atom. The summed E-state index contributed by atoms with van der Waals surface area (Å²) in [5, 5.41) is 9.16. The molecule has 2 heterocycles. The van der Waals surface area contributed by atoms with Crippen molar-refractivity contribution in [2.75, 3.05) is 5.32 Å². The van der Waals surface area contributed by atoms with Crippen molar-refractivity contribution in [3.63, 3.8) is 0 Å². The van der Waals surface area contributed by atoms with Gasteiger partial charge in [0.25, 0.3) is 0 Å². The van der Waals surface area contributed by atoms with Gasteiger partial charge in [0.1, 0.15) is 0 Å². The first kappa shape index (κ1) is 12.0. The average Bonchev–Trinajstić information content (AvgIpc) is 2.84. The van der Waals surface area contributed by atoms with E-state index in [9.17, 15) is 0 Å². The minimum atomic E-state index is 0.691. The van der Waals surface area contributed by atoms with Crippen LogP contribution in [0.25, 0.3) is 10.9 Å². The maximum Gasteiger partial charge on any atom is 0.0766 e. The van der Waals surface area contributed by atoms with E-state index in [2.05, 4.69) is 15.4 Å². The number of aryl methyl sites for hydroxylation is 1. The maximum atomic E-state index is 6.18. The summed E-state index contributed by atoms with van der Waals surface area (Å²) in [7, 11) is 1.89. The molecule has 0 fully saturated rings. The predicted molar refractivity (Wildman–Crippen MR) is 77.3 cm³/mol. The molecule has 1 aromatic carbocycles. The van der Waals surface area contributed by atoms with Crippen molar-refractivity contribution in [3.8, 4) is 0 Å². The standard InChI is InChI=1S/C14H13ClN4/c1-19-9-11(8-18-19)17-7-10-4-5-13(15)12-3-2-6-16-14(10)12/h2-6,8-9,17H,7H2,1H3. The zero-order chi connectivity index (χ0) is 13.2. The summed E-state index contributed by atoms with van der Waals surface area (Å²) >= 11 is 6.18. The fourth-order valence-electron chi connectivity index (χ4n) is 2.05. The molecule has 3 aromatic rings. The van der Waals surface area contributed by atoms with Gasteiger partial charge in [-0.15, -0.1) is 0 Å². The highest BCUT2D eigenvalue weighted by atomic mass is 35.5. The van der Waals surface area contributed by atoms with E-state index in [1.54, 1.807) is 17.1 Å². The lowest BCUT2D eigenvalue weighted by atomic mass is 10.1. The van der Waals surface area contributed by atoms with Crippen LogP contribution in [0.3, 0.4) is 0 Å². The third-order valence-electron chi connectivity index (χ3n) is 2.99. The van der Waals surface area contributed by atoms with Gasteiger partial charge in [-0.2, -0.15) is 5.10 Å². The van der Waals surface area contributed by atoms with Crippen LogP contribution in [0.1, 0.15) is 5.56 Å². The third-order valence-corrected chi connectivity index (χ3v) is 3.32. The Kier molecular flexibility index (Phi) is 3.09. The first-order chi connectivity index (χ1) is 9.24. The number of hydrogen-bond donors (Lipinski definition) is 1. The van der Waals surface area contributed by atoms with E-state index < -0.39 is 0 Å². The van der Waals surface area contributed by atoms with Crippen LogP contribution in [0.15, 0.2) is 42.9 Å². The van der Waals surface area contributed by atoms with Gasteiger partial charge in [-0.1, -0.05) is 17.7 Å². The van der Waals surface area contributed by atoms with E-state index >= 15 is 0 Å². The lowest BCUT2D eigenvalue weighted by molar-refractivity contribution is 0.768. The molecule has 2 aromatic heterocycles. The van der Waals surface area contributed by atoms with Crippen molar-refractivity contribution in [2.45, 2.75) is 6.54 Å². The van der Waals surface area contributed by atoms with Crippen LogP contribution >= 0.6 is 11.6 Å². The number of nitrogens with zero attached hydrogens (tertiary/aromatic N) is 3. The van der Waals surface area contributed by atoms with Gasteiger partial charge < -0.3 is 5.32 Å². The van der Waals surface area contributed by atoms with Crippen LogP contribution in [-0.2, 0) is 13.6 Å². The Balaban J connectivity index is 1.91. The van der Waals surface area contributed by atoms with Gasteiger partial charge in [0.05, 0.1) is 17.4 Å². The van der Waals surface area contributed by atoms with Crippen molar-refractivity contribution in [3.05, 3.63) is 53.4 Å². The Morgan fingerprint density at radius 2 is 2.21 bits per heavy atom. The number of pyridine rings is 1. The highest BCUT2D eigenvalue weighted by Gasteiger charge is 2.05. The van der Waals surface area contributed by atoms with Crippen LogP contribution in [0.2, 0.25) is 5.02 Å². The van der Waals surface area contributed by atoms with Crippen molar-refractivity contribution < 1.29 is 0 Å². The van der Waals surface area contributed by atoms with E-state index in [1.165, 1.54) is 0 Å². The number of halogens is 1. The monoisotopic (exact) mass is 272 g/mol. The first-order valence-electron chi connectivity index (χ1n) is 5.98. The second-order valence-electron chi connectivity index (χ2n) is 4.36. The second-order valence-corrected chi connectivity index (χ2v) is 4.77. The van der Waals surface area contributed by atoms with Crippen LogP contribution in [0, 0.1) is 0 Å². The topological polar surface area (TPSA) is 42.7 Å². The predicted octanol–water partition coefficient (Wildman–Crippen LogP) is 3.23. The highest BCUT2D eigenvalue weighted by Crippen LogP contribution is 2.25. The zero-order valence-corrected chi connectivity index (χ0v) is 11.2. The Hall–Kier alpha value is -2.07. The molecule has 96 valence electrons. The van der Waals surface area contributed by atoms with Crippen molar-refractivity contribution in [1.82, 2.24) is 14.8 Å². The molecule has 0 saturated carbocycles. The van der Waals surface area contributed by atoms with E-state index in [1.807, 2.05) is 37.5 Å². The number of benzene rings is 1. The van der Waals surface area contributed by atoms with Gasteiger partial charge in [0.2, 0.25) is 0 Å². The fraction of sp³-hybridized carbons (Fsp3) is 0.143. The fourth-order valence-corrected chi connectivity index (χ4v) is 2.26. The van der Waals surface area contributed by atoms with Gasteiger partial charge in [-0.05, 0) is 23.8 Å². The molecule has 19 heavy (non-hydrogen) atoms. The minimum Gasteiger partial charge on any atom is -0.378 e. The van der Waals surface area contributed by atoms with Crippen LogP contribution < -0.4 is 5.32 Å². The lowest BCUT2D eigenvalue weighted by Crippen LogP contribution is -2.00. The summed E-state index contributed by atoms with van der Waals surface area (Å²) in [4.78, 5) is 4.41. The summed E-state index contributed by atoms with van der Waals surface area (Å²) in [6.07, 6.45) is 5.52. The maximum absolute atomic E-state index is 6.18. The molecule has 0 spiro atoms. The quantitative estimate of drug-likeness (QED) is 0.796. The summed E-state index contributed by atoms with van der Waals surface area (Å²) in [6.45, 7) is 0.691. The zero-order valence-electron chi connectivity index (χ0n) is 10.5. The largest absolute Gasteiger partial charge is 0.378 e. The molecular formula is C14H13ClN4. The van der Waals surface area contributed by atoms with Crippen molar-refractivity contribution >= 4 is 28.2 Å². The molecule has 0 amide bonds. The molecule has 3 rings (SSSR count). The Labute approximate surface area is 116 Å². The Bertz CT molecular complexity index is 720. The van der Waals surface area contributed by atoms with Gasteiger partial charge >= 0.3 is 0 Å². The van der Waals surface area contributed by atoms with Crippen molar-refractivity contribution in [2.24, 2.45) is 7.05 Å².